The van der Waals surface area contributed by atoms with E-state index >= 15 is 0 Å². The third kappa shape index (κ3) is 4.49. The molecule has 2 rings (SSSR count). The van der Waals surface area contributed by atoms with Crippen LogP contribution in [0.3, 0.4) is 0 Å². The first kappa shape index (κ1) is 15.8. The van der Waals surface area contributed by atoms with Crippen molar-refractivity contribution in [2.24, 2.45) is 5.73 Å². The minimum absolute atomic E-state index is 0.310. The van der Waals surface area contributed by atoms with Crippen LogP contribution in [0.4, 0.5) is 18.9 Å². The Bertz CT molecular complexity index is 655. The SMILES string of the molecule is NCc1cccc(C(=O)Nc2ccc(OC(F)(F)F)cc2)c1. The van der Waals surface area contributed by atoms with E-state index in [9.17, 15) is 18.0 Å². The number of nitrogens with two attached hydrogens (primary N) is 1. The third-order valence-corrected chi connectivity index (χ3v) is 2.77. The van der Waals surface area contributed by atoms with Crippen molar-refractivity contribution >= 4 is 11.6 Å². The van der Waals surface area contributed by atoms with E-state index < -0.39 is 6.36 Å². The molecule has 1 amide bonds. The lowest BCUT2D eigenvalue weighted by Gasteiger charge is -2.10. The predicted molar refractivity (Wildman–Crippen MR) is 75.4 cm³/mol. The van der Waals surface area contributed by atoms with Crippen LogP contribution >= 0.6 is 0 Å². The fourth-order valence-electron chi connectivity index (χ4n) is 1.78. The Balaban J connectivity index is 2.05. The lowest BCUT2D eigenvalue weighted by atomic mass is 10.1. The van der Waals surface area contributed by atoms with Crippen molar-refractivity contribution in [2.75, 3.05) is 5.32 Å². The van der Waals surface area contributed by atoms with Gasteiger partial charge in [0.25, 0.3) is 5.91 Å². The summed E-state index contributed by atoms with van der Waals surface area (Å²) in [6.07, 6.45) is -4.74. The first-order valence-corrected chi connectivity index (χ1v) is 6.33. The molecule has 7 heteroatoms. The highest BCUT2D eigenvalue weighted by atomic mass is 19.4. The van der Waals surface area contributed by atoms with Crippen LogP contribution < -0.4 is 15.8 Å². The Morgan fingerprint density at radius 3 is 2.41 bits per heavy atom. The normalized spacial score (nSPS) is 11.1. The Kier molecular flexibility index (Phi) is 4.67. The summed E-state index contributed by atoms with van der Waals surface area (Å²) < 4.78 is 39.9. The summed E-state index contributed by atoms with van der Waals surface area (Å²) in [4.78, 5) is 12.0. The molecular formula is C15H13F3N2O2. The maximum Gasteiger partial charge on any atom is 0.573 e. The Morgan fingerprint density at radius 2 is 1.82 bits per heavy atom. The summed E-state index contributed by atoms with van der Waals surface area (Å²) in [5, 5.41) is 2.58. The number of amides is 1. The zero-order chi connectivity index (χ0) is 16.2. The van der Waals surface area contributed by atoms with E-state index in [4.69, 9.17) is 5.73 Å². The minimum atomic E-state index is -4.74. The average Bonchev–Trinajstić information content (AvgIpc) is 2.48. The molecule has 0 heterocycles. The number of carbonyl (C=O) groups excluding carboxylic acids is 1. The highest BCUT2D eigenvalue weighted by molar-refractivity contribution is 6.04. The molecule has 2 aromatic carbocycles. The molecule has 0 atom stereocenters. The second kappa shape index (κ2) is 6.48. The van der Waals surface area contributed by atoms with E-state index in [0.717, 1.165) is 17.7 Å². The molecule has 0 spiro atoms. The quantitative estimate of drug-likeness (QED) is 0.910. The van der Waals surface area contributed by atoms with E-state index in [1.54, 1.807) is 24.3 Å². The van der Waals surface area contributed by atoms with E-state index in [2.05, 4.69) is 10.1 Å². The standard InChI is InChI=1S/C15H13F3N2O2/c16-15(17,18)22-13-6-4-12(5-7-13)20-14(21)11-3-1-2-10(8-11)9-19/h1-8H,9,19H2,(H,20,21). The second-order valence-electron chi connectivity index (χ2n) is 4.43. The average molecular weight is 310 g/mol. The molecule has 0 saturated carbocycles. The number of carbonyl (C=O) groups is 1. The Hall–Kier alpha value is -2.54. The van der Waals surface area contributed by atoms with E-state index in [1.807, 2.05) is 0 Å². The fraction of sp³-hybridized carbons (Fsp3) is 0.133. The predicted octanol–water partition coefficient (Wildman–Crippen LogP) is 3.30. The number of nitrogens with one attached hydrogen (secondary N) is 1. The molecule has 0 aromatic heterocycles. The number of rotatable bonds is 4. The van der Waals surface area contributed by atoms with Gasteiger partial charge in [-0.3, -0.25) is 4.79 Å². The van der Waals surface area contributed by atoms with Crippen molar-refractivity contribution in [3.8, 4) is 5.75 Å². The van der Waals surface area contributed by atoms with Crippen molar-refractivity contribution in [1.82, 2.24) is 0 Å². The van der Waals surface area contributed by atoms with Crippen LogP contribution in [0, 0.1) is 0 Å². The van der Waals surface area contributed by atoms with Crippen molar-refractivity contribution in [1.29, 1.82) is 0 Å². The monoisotopic (exact) mass is 310 g/mol. The number of hydrogen-bond acceptors (Lipinski definition) is 3. The molecule has 0 saturated heterocycles. The molecule has 2 aromatic rings. The van der Waals surface area contributed by atoms with Crippen molar-refractivity contribution in [2.45, 2.75) is 12.9 Å². The molecule has 0 fully saturated rings. The smallest absolute Gasteiger partial charge is 0.406 e. The van der Waals surface area contributed by atoms with Crippen LogP contribution in [-0.4, -0.2) is 12.3 Å². The molecule has 0 aliphatic heterocycles. The van der Waals surface area contributed by atoms with Gasteiger partial charge in [0.15, 0.2) is 0 Å². The van der Waals surface area contributed by atoms with Gasteiger partial charge in [-0.05, 0) is 42.0 Å². The van der Waals surface area contributed by atoms with Gasteiger partial charge in [0, 0.05) is 17.8 Å². The van der Waals surface area contributed by atoms with Gasteiger partial charge < -0.3 is 15.8 Å². The number of ether oxygens (including phenoxy) is 1. The molecule has 4 nitrogen and oxygen atoms in total. The van der Waals surface area contributed by atoms with Crippen LogP contribution in [0.5, 0.6) is 5.75 Å². The summed E-state index contributed by atoms with van der Waals surface area (Å²) in [6, 6.07) is 11.7. The van der Waals surface area contributed by atoms with E-state index in [0.29, 0.717) is 17.8 Å². The topological polar surface area (TPSA) is 64.4 Å². The highest BCUT2D eigenvalue weighted by Gasteiger charge is 2.30. The fourth-order valence-corrected chi connectivity index (χ4v) is 1.78. The molecule has 0 unspecified atom stereocenters. The number of hydrogen-bond donors (Lipinski definition) is 2. The minimum Gasteiger partial charge on any atom is -0.406 e. The maximum atomic E-state index is 12.0. The van der Waals surface area contributed by atoms with Crippen LogP contribution in [0.25, 0.3) is 0 Å². The largest absolute Gasteiger partial charge is 0.573 e. The summed E-state index contributed by atoms with van der Waals surface area (Å²) in [5.41, 5.74) is 7.08. The number of anilines is 1. The summed E-state index contributed by atoms with van der Waals surface area (Å²) in [5.74, 6) is -0.726. The molecule has 116 valence electrons. The van der Waals surface area contributed by atoms with Crippen LogP contribution in [0.15, 0.2) is 48.5 Å². The van der Waals surface area contributed by atoms with Gasteiger partial charge in [-0.1, -0.05) is 12.1 Å². The molecule has 3 N–H and O–H groups in total. The molecule has 22 heavy (non-hydrogen) atoms. The van der Waals surface area contributed by atoms with Gasteiger partial charge in [-0.25, -0.2) is 0 Å². The Labute approximate surface area is 124 Å². The number of halogens is 3. The van der Waals surface area contributed by atoms with Gasteiger partial charge in [-0.2, -0.15) is 0 Å². The van der Waals surface area contributed by atoms with Crippen LogP contribution in [0.1, 0.15) is 15.9 Å². The molecule has 0 aliphatic rings. The van der Waals surface area contributed by atoms with Gasteiger partial charge in [0.05, 0.1) is 0 Å². The van der Waals surface area contributed by atoms with Crippen molar-refractivity contribution in [3.63, 3.8) is 0 Å². The Morgan fingerprint density at radius 1 is 1.14 bits per heavy atom. The number of benzene rings is 2. The van der Waals surface area contributed by atoms with Gasteiger partial charge >= 0.3 is 6.36 Å². The van der Waals surface area contributed by atoms with E-state index in [1.165, 1.54) is 12.1 Å². The first-order valence-electron chi connectivity index (χ1n) is 6.33. The van der Waals surface area contributed by atoms with Crippen molar-refractivity contribution in [3.05, 3.63) is 59.7 Å². The molecule has 0 radical (unpaired) electrons. The zero-order valence-corrected chi connectivity index (χ0v) is 11.4. The van der Waals surface area contributed by atoms with Gasteiger partial charge in [0.2, 0.25) is 0 Å². The summed E-state index contributed by atoms with van der Waals surface area (Å²) >= 11 is 0. The summed E-state index contributed by atoms with van der Waals surface area (Å²) in [7, 11) is 0. The molecule has 0 bridgehead atoms. The maximum absolute atomic E-state index is 12.0. The molecular weight excluding hydrogens is 297 g/mol. The third-order valence-electron chi connectivity index (χ3n) is 2.77. The van der Waals surface area contributed by atoms with Gasteiger partial charge in [0.1, 0.15) is 5.75 Å². The van der Waals surface area contributed by atoms with E-state index in [-0.39, 0.29) is 11.7 Å². The lowest BCUT2D eigenvalue weighted by molar-refractivity contribution is -0.274. The van der Waals surface area contributed by atoms with Crippen LogP contribution in [-0.2, 0) is 6.54 Å². The first-order chi connectivity index (χ1) is 10.4. The summed E-state index contributed by atoms with van der Waals surface area (Å²) in [6.45, 7) is 0.310. The molecule has 0 aliphatic carbocycles. The lowest BCUT2D eigenvalue weighted by Crippen LogP contribution is -2.17. The highest BCUT2D eigenvalue weighted by Crippen LogP contribution is 2.24. The zero-order valence-electron chi connectivity index (χ0n) is 11.4. The number of alkyl halides is 3. The van der Waals surface area contributed by atoms with Crippen LogP contribution in [0.2, 0.25) is 0 Å². The van der Waals surface area contributed by atoms with Crippen molar-refractivity contribution < 1.29 is 22.7 Å². The van der Waals surface area contributed by atoms with Gasteiger partial charge in [-0.15, -0.1) is 13.2 Å². The second-order valence-corrected chi connectivity index (χ2v) is 4.43.